The smallest absolute Gasteiger partial charge is 0.165 e. The molecular weight excluding hydrogens is 227 g/mol. The lowest BCUT2D eigenvalue weighted by Gasteiger charge is -2.18. The standard InChI is InChI=1S/C13H18ClFO/c1-13(2,3)6-7-16-12-5-4-10(9-14)8-11(12)15/h4-5,8H,6-7,9H2,1-3H3. The summed E-state index contributed by atoms with van der Waals surface area (Å²) in [4.78, 5) is 0. The fourth-order valence-electron chi connectivity index (χ4n) is 1.21. The van der Waals surface area contributed by atoms with Gasteiger partial charge in [-0.05, 0) is 29.5 Å². The maximum Gasteiger partial charge on any atom is 0.165 e. The molecule has 0 aromatic heterocycles. The van der Waals surface area contributed by atoms with Crippen molar-refractivity contribution < 1.29 is 9.13 Å². The third-order valence-corrected chi connectivity index (χ3v) is 2.57. The highest BCUT2D eigenvalue weighted by Crippen LogP contribution is 2.22. The molecule has 0 spiro atoms. The van der Waals surface area contributed by atoms with E-state index in [-0.39, 0.29) is 11.2 Å². The first-order valence-corrected chi connectivity index (χ1v) is 5.93. The van der Waals surface area contributed by atoms with Crippen molar-refractivity contribution in [1.29, 1.82) is 0 Å². The first-order valence-electron chi connectivity index (χ1n) is 5.39. The van der Waals surface area contributed by atoms with Crippen molar-refractivity contribution in [2.24, 2.45) is 5.41 Å². The largest absolute Gasteiger partial charge is 0.490 e. The second-order valence-corrected chi connectivity index (χ2v) is 5.32. The van der Waals surface area contributed by atoms with Crippen LogP contribution in [0.3, 0.4) is 0 Å². The summed E-state index contributed by atoms with van der Waals surface area (Å²) in [6, 6.07) is 4.83. The minimum Gasteiger partial charge on any atom is -0.490 e. The Labute approximate surface area is 102 Å². The second-order valence-electron chi connectivity index (χ2n) is 5.06. The van der Waals surface area contributed by atoms with Gasteiger partial charge >= 0.3 is 0 Å². The van der Waals surface area contributed by atoms with Crippen molar-refractivity contribution in [3.05, 3.63) is 29.6 Å². The van der Waals surface area contributed by atoms with E-state index in [4.69, 9.17) is 16.3 Å². The molecule has 1 aromatic carbocycles. The van der Waals surface area contributed by atoms with E-state index in [9.17, 15) is 4.39 Å². The Balaban J connectivity index is 2.55. The molecule has 90 valence electrons. The number of benzene rings is 1. The first kappa shape index (κ1) is 13.3. The molecule has 0 saturated heterocycles. The van der Waals surface area contributed by atoms with Crippen LogP contribution in [-0.2, 0) is 5.88 Å². The molecule has 0 atom stereocenters. The highest BCUT2D eigenvalue weighted by molar-refractivity contribution is 6.17. The van der Waals surface area contributed by atoms with E-state index < -0.39 is 0 Å². The van der Waals surface area contributed by atoms with Gasteiger partial charge in [0.15, 0.2) is 11.6 Å². The summed E-state index contributed by atoms with van der Waals surface area (Å²) in [5.41, 5.74) is 0.967. The third kappa shape index (κ3) is 4.40. The van der Waals surface area contributed by atoms with Crippen LogP contribution in [0, 0.1) is 11.2 Å². The molecule has 0 radical (unpaired) electrons. The molecule has 0 fully saturated rings. The molecule has 0 aliphatic rings. The molecule has 0 N–H and O–H groups in total. The number of hydrogen-bond acceptors (Lipinski definition) is 1. The van der Waals surface area contributed by atoms with Crippen molar-refractivity contribution in [1.82, 2.24) is 0 Å². The van der Waals surface area contributed by atoms with Gasteiger partial charge in [0.2, 0.25) is 0 Å². The number of alkyl halides is 1. The van der Waals surface area contributed by atoms with Crippen LogP contribution in [0.1, 0.15) is 32.8 Å². The van der Waals surface area contributed by atoms with Gasteiger partial charge < -0.3 is 4.74 Å². The van der Waals surface area contributed by atoms with Crippen molar-refractivity contribution >= 4 is 11.6 Å². The van der Waals surface area contributed by atoms with E-state index in [2.05, 4.69) is 20.8 Å². The van der Waals surface area contributed by atoms with Gasteiger partial charge in [0.05, 0.1) is 6.61 Å². The van der Waals surface area contributed by atoms with E-state index >= 15 is 0 Å². The lowest BCUT2D eigenvalue weighted by molar-refractivity contribution is 0.235. The summed E-state index contributed by atoms with van der Waals surface area (Å²) in [6.45, 7) is 6.91. The summed E-state index contributed by atoms with van der Waals surface area (Å²) in [6.07, 6.45) is 0.893. The van der Waals surface area contributed by atoms with Gasteiger partial charge in [0.25, 0.3) is 0 Å². The zero-order valence-electron chi connectivity index (χ0n) is 10.0. The molecule has 1 rings (SSSR count). The average Bonchev–Trinajstić information content (AvgIpc) is 2.18. The summed E-state index contributed by atoms with van der Waals surface area (Å²) in [5, 5.41) is 0. The molecule has 1 nitrogen and oxygen atoms in total. The van der Waals surface area contributed by atoms with Crippen LogP contribution in [-0.4, -0.2) is 6.61 Å². The van der Waals surface area contributed by atoms with Gasteiger partial charge in [-0.25, -0.2) is 4.39 Å². The van der Waals surface area contributed by atoms with Gasteiger partial charge in [-0.2, -0.15) is 0 Å². The Kier molecular flexibility index (Phi) is 4.60. The maximum absolute atomic E-state index is 13.5. The molecule has 0 unspecified atom stereocenters. The highest BCUT2D eigenvalue weighted by atomic mass is 35.5. The topological polar surface area (TPSA) is 9.23 Å². The molecule has 0 saturated carbocycles. The third-order valence-electron chi connectivity index (χ3n) is 2.26. The summed E-state index contributed by atoms with van der Waals surface area (Å²) in [7, 11) is 0. The van der Waals surface area contributed by atoms with Crippen molar-refractivity contribution in [2.45, 2.75) is 33.1 Å². The van der Waals surface area contributed by atoms with E-state index in [1.165, 1.54) is 6.07 Å². The number of halogens is 2. The van der Waals surface area contributed by atoms with Gasteiger partial charge in [0.1, 0.15) is 0 Å². The van der Waals surface area contributed by atoms with Gasteiger partial charge in [-0.1, -0.05) is 26.8 Å². The van der Waals surface area contributed by atoms with Crippen LogP contribution in [0.4, 0.5) is 4.39 Å². The summed E-state index contributed by atoms with van der Waals surface area (Å²) >= 11 is 5.61. The van der Waals surface area contributed by atoms with Crippen molar-refractivity contribution in [3.8, 4) is 5.75 Å². The predicted molar refractivity (Wildman–Crippen MR) is 65.5 cm³/mol. The first-order chi connectivity index (χ1) is 7.42. The average molecular weight is 245 g/mol. The summed E-state index contributed by atoms with van der Waals surface area (Å²) < 4.78 is 18.9. The molecule has 16 heavy (non-hydrogen) atoms. The normalized spacial score (nSPS) is 11.6. The van der Waals surface area contributed by atoms with Crippen LogP contribution >= 0.6 is 11.6 Å². The monoisotopic (exact) mass is 244 g/mol. The van der Waals surface area contributed by atoms with Crippen molar-refractivity contribution in [3.63, 3.8) is 0 Å². The van der Waals surface area contributed by atoms with Gasteiger partial charge in [-0.15, -0.1) is 11.6 Å². The predicted octanol–water partition coefficient (Wildman–Crippen LogP) is 4.38. The molecule has 0 aliphatic carbocycles. The highest BCUT2D eigenvalue weighted by Gasteiger charge is 2.11. The molecule has 1 aromatic rings. The van der Waals surface area contributed by atoms with E-state index in [0.29, 0.717) is 18.2 Å². The zero-order chi connectivity index (χ0) is 12.2. The Bertz CT molecular complexity index is 344. The lowest BCUT2D eigenvalue weighted by atomic mass is 9.93. The van der Waals surface area contributed by atoms with Gasteiger partial charge in [-0.3, -0.25) is 0 Å². The maximum atomic E-state index is 13.5. The number of hydrogen-bond donors (Lipinski definition) is 0. The minimum absolute atomic E-state index is 0.201. The van der Waals surface area contributed by atoms with Gasteiger partial charge in [0, 0.05) is 5.88 Å². The molecule has 0 bridgehead atoms. The molecular formula is C13H18ClFO. The number of ether oxygens (including phenoxy) is 1. The fourth-order valence-corrected chi connectivity index (χ4v) is 1.38. The van der Waals surface area contributed by atoms with E-state index in [1.807, 2.05) is 0 Å². The van der Waals surface area contributed by atoms with Crippen molar-refractivity contribution in [2.75, 3.05) is 6.61 Å². The molecule has 0 aliphatic heterocycles. The molecule has 0 amide bonds. The minimum atomic E-state index is -0.341. The van der Waals surface area contributed by atoms with Crippen LogP contribution in [0.25, 0.3) is 0 Å². The second kappa shape index (κ2) is 5.53. The fraction of sp³-hybridized carbons (Fsp3) is 0.538. The Morgan fingerprint density at radius 2 is 2.00 bits per heavy atom. The Morgan fingerprint density at radius 1 is 1.31 bits per heavy atom. The molecule has 3 heteroatoms. The lowest BCUT2D eigenvalue weighted by Crippen LogP contribution is -2.11. The zero-order valence-corrected chi connectivity index (χ0v) is 10.8. The number of rotatable bonds is 4. The SMILES string of the molecule is CC(C)(C)CCOc1ccc(CCl)cc1F. The van der Waals surface area contributed by atoms with E-state index in [0.717, 1.165) is 12.0 Å². The Hall–Kier alpha value is -0.760. The molecule has 0 heterocycles. The van der Waals surface area contributed by atoms with Crippen LogP contribution in [0.5, 0.6) is 5.75 Å². The Morgan fingerprint density at radius 3 is 2.50 bits per heavy atom. The summed E-state index contributed by atoms with van der Waals surface area (Å²) in [5.74, 6) is 0.282. The van der Waals surface area contributed by atoms with Crippen LogP contribution in [0.15, 0.2) is 18.2 Å². The van der Waals surface area contributed by atoms with Crippen LogP contribution in [0.2, 0.25) is 0 Å². The van der Waals surface area contributed by atoms with E-state index in [1.54, 1.807) is 12.1 Å². The quantitative estimate of drug-likeness (QED) is 0.715. The van der Waals surface area contributed by atoms with Crippen LogP contribution < -0.4 is 4.74 Å².